The van der Waals surface area contributed by atoms with Crippen molar-refractivity contribution in [3.8, 4) is 5.75 Å². The van der Waals surface area contributed by atoms with Crippen molar-refractivity contribution >= 4 is 21.4 Å². The molecule has 0 unspecified atom stereocenters. The number of hydrogen-bond donors (Lipinski definition) is 3. The summed E-state index contributed by atoms with van der Waals surface area (Å²) < 4.78 is 74.7. The molecule has 3 N–H and O–H groups in total. The fraction of sp³-hybridized carbons (Fsp3) is 0.235. The van der Waals surface area contributed by atoms with Crippen LogP contribution in [0.1, 0.15) is 16.8 Å². The number of rotatable bonds is 7. The highest BCUT2D eigenvalue weighted by molar-refractivity contribution is 7.92. The van der Waals surface area contributed by atoms with E-state index in [-0.39, 0.29) is 30.8 Å². The first-order valence-electron chi connectivity index (χ1n) is 7.94. The molecule has 0 aliphatic heterocycles. The second kappa shape index (κ2) is 8.46. The number of anilines is 1. The van der Waals surface area contributed by atoms with E-state index in [0.29, 0.717) is 6.07 Å². The third kappa shape index (κ3) is 5.12. The van der Waals surface area contributed by atoms with Gasteiger partial charge in [0.15, 0.2) is 0 Å². The monoisotopic (exact) mass is 420 g/mol. The number of phenolic OH excluding ortho intramolecular Hbond substituents is 1. The summed E-state index contributed by atoms with van der Waals surface area (Å²) in [5.41, 5.74) is -5.73. The van der Waals surface area contributed by atoms with Crippen molar-refractivity contribution in [1.29, 1.82) is 0 Å². The van der Waals surface area contributed by atoms with Crippen molar-refractivity contribution in [3.63, 3.8) is 0 Å². The van der Waals surface area contributed by atoms with E-state index in [2.05, 4.69) is 10.6 Å². The van der Waals surface area contributed by atoms with E-state index >= 15 is 0 Å². The number of amides is 1. The van der Waals surface area contributed by atoms with E-state index in [1.54, 1.807) is 0 Å². The van der Waals surface area contributed by atoms with Crippen molar-refractivity contribution in [2.75, 3.05) is 18.4 Å². The summed E-state index contributed by atoms with van der Waals surface area (Å²) in [6.45, 7) is 0.149. The molecular formula is C17H16F4N2O4S. The van der Waals surface area contributed by atoms with Gasteiger partial charge in [0.25, 0.3) is 15.7 Å². The van der Waals surface area contributed by atoms with Crippen molar-refractivity contribution in [2.24, 2.45) is 0 Å². The third-order valence-corrected chi connectivity index (χ3v) is 5.13. The molecule has 0 atom stereocenters. The van der Waals surface area contributed by atoms with Gasteiger partial charge in [-0.25, -0.2) is 12.8 Å². The Balaban J connectivity index is 1.96. The molecule has 152 valence electrons. The summed E-state index contributed by atoms with van der Waals surface area (Å²) in [4.78, 5) is 10.7. The molecule has 28 heavy (non-hydrogen) atoms. The van der Waals surface area contributed by atoms with Gasteiger partial charge in [0.1, 0.15) is 16.5 Å². The van der Waals surface area contributed by atoms with Gasteiger partial charge >= 0.3 is 5.51 Å². The average molecular weight is 420 g/mol. The van der Waals surface area contributed by atoms with Crippen LogP contribution in [-0.4, -0.2) is 38.0 Å². The smallest absolute Gasteiger partial charge is 0.501 e. The lowest BCUT2D eigenvalue weighted by Crippen LogP contribution is -2.26. The molecule has 0 fully saturated rings. The minimum Gasteiger partial charge on any atom is -0.508 e. The standard InChI is InChI=1S/C17H16F4N2O4S/c18-12-5-6-14(15(10-12)28(26,27)17(19,20)21)22-7-2-8-23-16(25)11-3-1-4-13(24)9-11/h1,3-6,9-10,22,24H,2,7-8H2,(H,23,25). The second-order valence-electron chi connectivity index (χ2n) is 5.68. The number of aromatic hydroxyl groups is 1. The van der Waals surface area contributed by atoms with Gasteiger partial charge in [-0.3, -0.25) is 4.79 Å². The van der Waals surface area contributed by atoms with Gasteiger partial charge in [0.2, 0.25) is 0 Å². The lowest BCUT2D eigenvalue weighted by atomic mass is 10.2. The van der Waals surface area contributed by atoms with E-state index < -0.39 is 37.7 Å². The highest BCUT2D eigenvalue weighted by Gasteiger charge is 2.48. The Morgan fingerprint density at radius 1 is 1.07 bits per heavy atom. The Bertz CT molecular complexity index is 962. The Morgan fingerprint density at radius 2 is 1.79 bits per heavy atom. The second-order valence-corrected chi connectivity index (χ2v) is 7.59. The van der Waals surface area contributed by atoms with Gasteiger partial charge in [-0.05, 0) is 42.8 Å². The van der Waals surface area contributed by atoms with Gasteiger partial charge in [-0.2, -0.15) is 13.2 Å². The number of alkyl halides is 3. The fourth-order valence-electron chi connectivity index (χ4n) is 2.25. The summed E-state index contributed by atoms with van der Waals surface area (Å²) in [5.74, 6) is -1.66. The predicted octanol–water partition coefficient (Wildman–Crippen LogP) is 3.06. The minimum absolute atomic E-state index is 0.0202. The van der Waals surface area contributed by atoms with Crippen LogP contribution in [0.25, 0.3) is 0 Å². The molecule has 0 saturated heterocycles. The first kappa shape index (κ1) is 21.5. The zero-order chi connectivity index (χ0) is 20.9. The summed E-state index contributed by atoms with van der Waals surface area (Å²) in [6.07, 6.45) is 0.243. The highest BCUT2D eigenvalue weighted by atomic mass is 32.2. The topological polar surface area (TPSA) is 95.5 Å². The van der Waals surface area contributed by atoms with Gasteiger partial charge in [-0.1, -0.05) is 6.07 Å². The first-order valence-corrected chi connectivity index (χ1v) is 9.42. The Morgan fingerprint density at radius 3 is 2.43 bits per heavy atom. The number of carbonyl (C=O) groups excluding carboxylic acids is 1. The normalized spacial score (nSPS) is 11.9. The van der Waals surface area contributed by atoms with E-state index in [1.165, 1.54) is 24.3 Å². The van der Waals surface area contributed by atoms with Crippen LogP contribution in [0.5, 0.6) is 5.75 Å². The summed E-state index contributed by atoms with van der Waals surface area (Å²) in [7, 11) is -5.72. The van der Waals surface area contributed by atoms with Crippen molar-refractivity contribution in [1.82, 2.24) is 5.32 Å². The molecule has 0 heterocycles. The summed E-state index contributed by atoms with van der Waals surface area (Å²) in [6, 6.07) is 7.68. The van der Waals surface area contributed by atoms with Crippen molar-refractivity contribution in [2.45, 2.75) is 16.8 Å². The SMILES string of the molecule is O=C(NCCCNc1ccc(F)cc1S(=O)(=O)C(F)(F)F)c1cccc(O)c1. The van der Waals surface area contributed by atoms with Crippen LogP contribution < -0.4 is 10.6 Å². The van der Waals surface area contributed by atoms with Crippen LogP contribution in [0, 0.1) is 5.82 Å². The molecular weight excluding hydrogens is 404 g/mol. The van der Waals surface area contributed by atoms with E-state index in [1.807, 2.05) is 0 Å². The molecule has 11 heteroatoms. The molecule has 0 bridgehead atoms. The molecule has 0 spiro atoms. The van der Waals surface area contributed by atoms with E-state index in [9.17, 15) is 35.9 Å². The largest absolute Gasteiger partial charge is 0.508 e. The van der Waals surface area contributed by atoms with Crippen molar-refractivity contribution in [3.05, 3.63) is 53.8 Å². The highest BCUT2D eigenvalue weighted by Crippen LogP contribution is 2.34. The molecule has 0 radical (unpaired) electrons. The number of benzene rings is 2. The maximum absolute atomic E-state index is 13.3. The number of phenols is 1. The van der Waals surface area contributed by atoms with E-state index in [0.717, 1.165) is 12.1 Å². The molecule has 1 amide bonds. The van der Waals surface area contributed by atoms with Crippen LogP contribution in [0.4, 0.5) is 23.2 Å². The fourth-order valence-corrected chi connectivity index (χ4v) is 3.20. The number of carbonyl (C=O) groups is 1. The quantitative estimate of drug-likeness (QED) is 0.473. The molecule has 6 nitrogen and oxygen atoms in total. The lowest BCUT2D eigenvalue weighted by Gasteiger charge is -2.14. The number of hydrogen-bond acceptors (Lipinski definition) is 5. The first-order chi connectivity index (χ1) is 13.0. The average Bonchev–Trinajstić information content (AvgIpc) is 2.61. The molecule has 2 rings (SSSR count). The Hall–Kier alpha value is -2.82. The number of sulfone groups is 1. The van der Waals surface area contributed by atoms with Crippen LogP contribution in [0.15, 0.2) is 47.4 Å². The lowest BCUT2D eigenvalue weighted by molar-refractivity contribution is -0.0435. The molecule has 2 aromatic rings. The minimum atomic E-state index is -5.72. The van der Waals surface area contributed by atoms with Crippen LogP contribution in [0.3, 0.4) is 0 Å². The Kier molecular flexibility index (Phi) is 6.49. The maximum atomic E-state index is 13.3. The van der Waals surface area contributed by atoms with Crippen LogP contribution in [0.2, 0.25) is 0 Å². The molecule has 0 saturated carbocycles. The molecule has 0 aliphatic rings. The van der Waals surface area contributed by atoms with Gasteiger partial charge in [0, 0.05) is 18.7 Å². The summed E-state index contributed by atoms with van der Waals surface area (Å²) in [5, 5.41) is 14.4. The third-order valence-electron chi connectivity index (χ3n) is 3.60. The van der Waals surface area contributed by atoms with Gasteiger partial charge in [0.05, 0.1) is 5.69 Å². The van der Waals surface area contributed by atoms with Gasteiger partial charge < -0.3 is 15.7 Å². The van der Waals surface area contributed by atoms with E-state index in [4.69, 9.17) is 0 Å². The molecule has 2 aromatic carbocycles. The molecule has 0 aliphatic carbocycles. The van der Waals surface area contributed by atoms with Crippen LogP contribution in [-0.2, 0) is 9.84 Å². The van der Waals surface area contributed by atoms with Crippen LogP contribution >= 0.6 is 0 Å². The zero-order valence-corrected chi connectivity index (χ0v) is 15.1. The number of halogens is 4. The predicted molar refractivity (Wildman–Crippen MR) is 93.2 cm³/mol. The molecule has 0 aromatic heterocycles. The van der Waals surface area contributed by atoms with Crippen molar-refractivity contribution < 1.29 is 35.9 Å². The maximum Gasteiger partial charge on any atom is 0.501 e. The zero-order valence-electron chi connectivity index (χ0n) is 14.3. The number of nitrogens with one attached hydrogen (secondary N) is 2. The summed E-state index contributed by atoms with van der Waals surface area (Å²) >= 11 is 0. The van der Waals surface area contributed by atoms with Gasteiger partial charge in [-0.15, -0.1) is 0 Å². The Labute approximate surface area is 158 Å².